The number of carbonyl (C=O) groups is 2. The number of allylic oxidation sites excluding steroid dienone is 2. The molecule has 1 aliphatic carbocycles. The van der Waals surface area contributed by atoms with Gasteiger partial charge in [-0.2, -0.15) is 0 Å². The Hall–Kier alpha value is -3.15. The van der Waals surface area contributed by atoms with Crippen molar-refractivity contribution in [3.63, 3.8) is 0 Å². The zero-order chi connectivity index (χ0) is 20.4. The van der Waals surface area contributed by atoms with Crippen LogP contribution in [0.3, 0.4) is 0 Å². The van der Waals surface area contributed by atoms with Crippen molar-refractivity contribution in [2.75, 3.05) is 7.11 Å². The first kappa shape index (κ1) is 19.6. The van der Waals surface area contributed by atoms with Crippen LogP contribution in [-0.2, 0) is 9.47 Å². The lowest BCUT2D eigenvalue weighted by atomic mass is 9.89. The molecular weight excluding hydrogens is 358 g/mol. The molecular formula is C22H23NO5. The van der Waals surface area contributed by atoms with Crippen LogP contribution in [0.25, 0.3) is 11.1 Å². The van der Waals surface area contributed by atoms with Gasteiger partial charge in [-0.25, -0.2) is 0 Å². The largest absolute Gasteiger partial charge is 0.496 e. The molecule has 0 unspecified atom stereocenters. The first-order chi connectivity index (χ1) is 13.3. The van der Waals surface area contributed by atoms with Crippen LogP contribution < -0.4 is 4.74 Å². The van der Waals surface area contributed by atoms with E-state index in [9.17, 15) is 9.59 Å². The highest BCUT2D eigenvalue weighted by Gasteiger charge is 2.39. The molecule has 146 valence electrons. The van der Waals surface area contributed by atoms with Crippen molar-refractivity contribution in [1.82, 2.24) is 4.98 Å². The average Bonchev–Trinajstić information content (AvgIpc) is 2.67. The van der Waals surface area contributed by atoms with E-state index in [1.807, 2.05) is 18.2 Å². The molecule has 6 nitrogen and oxygen atoms in total. The Balaban J connectivity index is 2.24. The summed E-state index contributed by atoms with van der Waals surface area (Å²) in [5.41, 5.74) is 1.51. The van der Waals surface area contributed by atoms with E-state index in [1.165, 1.54) is 6.20 Å². The maximum Gasteiger partial charge on any atom is 0.250 e. The van der Waals surface area contributed by atoms with Crippen molar-refractivity contribution in [2.45, 2.75) is 39.9 Å². The van der Waals surface area contributed by atoms with Gasteiger partial charge in [0.2, 0.25) is 17.3 Å². The number of benzene rings is 1. The summed E-state index contributed by atoms with van der Waals surface area (Å²) in [7, 11) is 1.56. The molecule has 1 aromatic heterocycles. The number of hydrogen-bond donors (Lipinski definition) is 0. The highest BCUT2D eigenvalue weighted by Crippen LogP contribution is 2.37. The molecule has 1 heterocycles. The predicted molar refractivity (Wildman–Crippen MR) is 104 cm³/mol. The van der Waals surface area contributed by atoms with Crippen molar-refractivity contribution < 1.29 is 23.8 Å². The van der Waals surface area contributed by atoms with Crippen LogP contribution in [0.1, 0.15) is 48.5 Å². The normalized spacial score (nSPS) is 13.8. The lowest BCUT2D eigenvalue weighted by Gasteiger charge is -2.25. The molecule has 1 aromatic carbocycles. The topological polar surface area (TPSA) is 74.7 Å². The maximum absolute atomic E-state index is 13.4. The summed E-state index contributed by atoms with van der Waals surface area (Å²) < 4.78 is 16.8. The number of rotatable bonds is 6. The van der Waals surface area contributed by atoms with Gasteiger partial charge in [0.25, 0.3) is 5.78 Å². The number of pyridine rings is 1. The number of aromatic nitrogens is 1. The number of carbonyl (C=O) groups excluding carboxylic acids is 2. The number of ether oxygens (including phenoxy) is 3. The zero-order valence-corrected chi connectivity index (χ0v) is 16.6. The van der Waals surface area contributed by atoms with Crippen molar-refractivity contribution in [2.24, 2.45) is 0 Å². The van der Waals surface area contributed by atoms with Gasteiger partial charge in [0.05, 0.1) is 24.9 Å². The molecule has 6 heteroatoms. The van der Waals surface area contributed by atoms with Gasteiger partial charge in [-0.05, 0) is 39.8 Å². The SMILES string of the molecule is COc1ccccc1-c1ccnc2c1C(=O)C(OC(C)C)=C(OC(C)C)C2=O. The number of nitrogens with zero attached hydrogens (tertiary/aromatic N) is 1. The van der Waals surface area contributed by atoms with E-state index in [1.54, 1.807) is 46.9 Å². The van der Waals surface area contributed by atoms with Crippen LogP contribution >= 0.6 is 0 Å². The second-order valence-corrected chi connectivity index (χ2v) is 6.93. The van der Waals surface area contributed by atoms with Crippen LogP contribution in [0.15, 0.2) is 48.0 Å². The third kappa shape index (κ3) is 3.50. The molecule has 0 atom stereocenters. The van der Waals surface area contributed by atoms with E-state index in [0.717, 1.165) is 0 Å². The molecule has 0 N–H and O–H groups in total. The van der Waals surface area contributed by atoms with Crippen molar-refractivity contribution in [1.29, 1.82) is 0 Å². The lowest BCUT2D eigenvalue weighted by molar-refractivity contribution is 0.0591. The molecule has 0 saturated carbocycles. The van der Waals surface area contributed by atoms with E-state index in [0.29, 0.717) is 16.9 Å². The first-order valence-corrected chi connectivity index (χ1v) is 9.14. The Morgan fingerprint density at radius 3 is 2.04 bits per heavy atom. The van der Waals surface area contributed by atoms with Crippen LogP contribution in [0.2, 0.25) is 0 Å². The van der Waals surface area contributed by atoms with Gasteiger partial charge in [-0.1, -0.05) is 18.2 Å². The number of Topliss-reactive ketones (excluding diaryl/α,β-unsaturated/α-hetero) is 2. The zero-order valence-electron chi connectivity index (χ0n) is 16.6. The van der Waals surface area contributed by atoms with E-state index in [2.05, 4.69) is 4.98 Å². The Morgan fingerprint density at radius 2 is 1.43 bits per heavy atom. The van der Waals surface area contributed by atoms with Crippen molar-refractivity contribution >= 4 is 11.6 Å². The molecule has 28 heavy (non-hydrogen) atoms. The van der Waals surface area contributed by atoms with Gasteiger partial charge in [-0.3, -0.25) is 14.6 Å². The smallest absolute Gasteiger partial charge is 0.250 e. The number of ketones is 2. The van der Waals surface area contributed by atoms with Crippen LogP contribution in [0, 0.1) is 0 Å². The second-order valence-electron chi connectivity index (χ2n) is 6.93. The number of methoxy groups -OCH3 is 1. The van der Waals surface area contributed by atoms with Crippen LogP contribution in [0.5, 0.6) is 5.75 Å². The Bertz CT molecular complexity index is 959. The third-order valence-electron chi connectivity index (χ3n) is 4.12. The van der Waals surface area contributed by atoms with Crippen LogP contribution in [0.4, 0.5) is 0 Å². The summed E-state index contributed by atoms with van der Waals surface area (Å²) in [6, 6.07) is 9.01. The minimum atomic E-state index is -0.462. The highest BCUT2D eigenvalue weighted by molar-refractivity contribution is 6.26. The summed E-state index contributed by atoms with van der Waals surface area (Å²) in [5, 5.41) is 0. The summed E-state index contributed by atoms with van der Waals surface area (Å²) in [6.45, 7) is 7.15. The molecule has 2 aromatic rings. The summed E-state index contributed by atoms with van der Waals surface area (Å²) in [6.07, 6.45) is 0.912. The molecule has 0 bridgehead atoms. The van der Waals surface area contributed by atoms with Gasteiger partial charge in [-0.15, -0.1) is 0 Å². The molecule has 0 fully saturated rings. The number of fused-ring (bicyclic) bond motifs is 1. The Labute approximate surface area is 164 Å². The molecule has 0 aliphatic heterocycles. The minimum absolute atomic E-state index is 0.0557. The molecule has 3 rings (SSSR count). The van der Waals surface area contributed by atoms with E-state index >= 15 is 0 Å². The Kier molecular flexibility index (Phi) is 5.49. The fourth-order valence-corrected chi connectivity index (χ4v) is 3.07. The molecule has 0 spiro atoms. The average molecular weight is 381 g/mol. The van der Waals surface area contributed by atoms with E-state index in [4.69, 9.17) is 14.2 Å². The monoisotopic (exact) mass is 381 g/mol. The van der Waals surface area contributed by atoms with Gasteiger partial charge in [0.1, 0.15) is 11.4 Å². The van der Waals surface area contributed by atoms with Gasteiger partial charge >= 0.3 is 0 Å². The summed E-state index contributed by atoms with van der Waals surface area (Å²) in [4.78, 5) is 30.7. The van der Waals surface area contributed by atoms with Crippen molar-refractivity contribution in [3.8, 4) is 16.9 Å². The number of hydrogen-bond acceptors (Lipinski definition) is 6. The molecule has 1 aliphatic rings. The molecule has 0 radical (unpaired) electrons. The van der Waals surface area contributed by atoms with Gasteiger partial charge in [0.15, 0.2) is 0 Å². The highest BCUT2D eigenvalue weighted by atomic mass is 16.5. The van der Waals surface area contributed by atoms with E-state index in [-0.39, 0.29) is 35.0 Å². The quantitative estimate of drug-likeness (QED) is 0.747. The standard InChI is InChI=1S/C22H23NO5/c1-12(2)27-21-19(24)17-15(14-8-6-7-9-16(14)26-5)10-11-23-18(17)20(25)22(21)28-13(3)4/h6-13H,1-5H3. The Morgan fingerprint density at radius 1 is 0.821 bits per heavy atom. The maximum atomic E-state index is 13.4. The lowest BCUT2D eigenvalue weighted by Crippen LogP contribution is -2.29. The summed E-state index contributed by atoms with van der Waals surface area (Å²) >= 11 is 0. The molecule has 0 amide bonds. The predicted octanol–water partition coefficient (Wildman–Crippen LogP) is 4.20. The summed E-state index contributed by atoms with van der Waals surface area (Å²) in [5.74, 6) is -0.462. The van der Waals surface area contributed by atoms with E-state index < -0.39 is 11.6 Å². The van der Waals surface area contributed by atoms with Gasteiger partial charge < -0.3 is 14.2 Å². The van der Waals surface area contributed by atoms with Crippen molar-refractivity contribution in [3.05, 3.63) is 59.3 Å². The van der Waals surface area contributed by atoms with Gasteiger partial charge in [0, 0.05) is 17.3 Å². The molecule has 0 saturated heterocycles. The fourth-order valence-electron chi connectivity index (χ4n) is 3.07. The van der Waals surface area contributed by atoms with Crippen LogP contribution in [-0.4, -0.2) is 35.9 Å². The second kappa shape index (κ2) is 7.84. The minimum Gasteiger partial charge on any atom is -0.496 e. The fraction of sp³-hybridized carbons (Fsp3) is 0.318. The third-order valence-corrected chi connectivity index (χ3v) is 4.12. The number of para-hydroxylation sites is 1. The first-order valence-electron chi connectivity index (χ1n) is 9.14.